The molecule has 0 radical (unpaired) electrons. The monoisotopic (exact) mass is 1210 g/mol. The molecule has 6 N–H and O–H groups in total. The third-order valence-corrected chi connectivity index (χ3v) is 14.4. The van der Waals surface area contributed by atoms with Crippen LogP contribution < -0.4 is 31.3 Å². The number of carbonyl (C=O) groups excluding carboxylic acids is 8. The highest BCUT2D eigenvalue weighted by molar-refractivity contribution is 6.32. The first kappa shape index (κ1) is 70.8. The van der Waals surface area contributed by atoms with Crippen molar-refractivity contribution in [2.75, 3.05) is 80.1 Å². The quantitative estimate of drug-likeness (QED) is 0.0335. The number of carbonyl (C=O) groups is 9. The van der Waals surface area contributed by atoms with E-state index in [2.05, 4.69) is 26.6 Å². The summed E-state index contributed by atoms with van der Waals surface area (Å²) in [4.78, 5) is 120. The van der Waals surface area contributed by atoms with Crippen LogP contribution in [0.1, 0.15) is 110 Å². The van der Waals surface area contributed by atoms with Crippen LogP contribution in [0.15, 0.2) is 54.6 Å². The molecule has 472 valence electrons. The maximum Gasteiger partial charge on any atom is 0.347 e. The lowest BCUT2D eigenvalue weighted by Crippen LogP contribution is -2.54. The minimum absolute atomic E-state index is 0.0497. The number of aliphatic carboxylic acids is 1. The first-order valence-corrected chi connectivity index (χ1v) is 29.2. The van der Waals surface area contributed by atoms with E-state index < -0.39 is 113 Å². The summed E-state index contributed by atoms with van der Waals surface area (Å²) in [6, 6.07) is 9.25. The third kappa shape index (κ3) is 24.7. The molecule has 1 saturated heterocycles. The maximum atomic E-state index is 13.8. The topological polar surface area (TPSA) is 314 Å². The molecule has 1 fully saturated rings. The second-order valence-electron chi connectivity index (χ2n) is 21.8. The smallest absolute Gasteiger partial charge is 0.347 e. The van der Waals surface area contributed by atoms with Crippen molar-refractivity contribution in [2.24, 2.45) is 17.3 Å². The van der Waals surface area contributed by atoms with Gasteiger partial charge in [0.2, 0.25) is 35.4 Å². The van der Waals surface area contributed by atoms with E-state index in [1.165, 1.54) is 25.0 Å². The molecule has 2 aromatic rings. The summed E-state index contributed by atoms with van der Waals surface area (Å²) in [5.74, 6) is -6.15. The van der Waals surface area contributed by atoms with E-state index in [1.54, 1.807) is 59.1 Å². The van der Waals surface area contributed by atoms with Crippen LogP contribution in [-0.4, -0.2) is 180 Å². The Kier molecular flexibility index (Phi) is 30.3. The lowest BCUT2D eigenvalue weighted by Gasteiger charge is -2.29. The van der Waals surface area contributed by atoms with Gasteiger partial charge in [0.05, 0.1) is 82.7 Å². The molecule has 4 rings (SSSR count). The molecule has 0 aromatic heterocycles. The summed E-state index contributed by atoms with van der Waals surface area (Å²) in [5.41, 5.74) is 0.911. The van der Waals surface area contributed by atoms with E-state index in [-0.39, 0.29) is 84.5 Å². The number of methoxy groups -OCH3 is 2. The first-order chi connectivity index (χ1) is 40.5. The number of amides is 6. The van der Waals surface area contributed by atoms with Gasteiger partial charge in [0.1, 0.15) is 36.1 Å². The zero-order valence-electron chi connectivity index (χ0n) is 50.3. The molecule has 0 aliphatic carbocycles. The fourth-order valence-electron chi connectivity index (χ4n) is 8.84. The molecule has 2 aliphatic heterocycles. The average molecular weight is 1220 g/mol. The number of benzene rings is 2. The van der Waals surface area contributed by atoms with Gasteiger partial charge in [-0.05, 0) is 68.0 Å². The Labute approximate surface area is 502 Å². The number of carboxylic acid groups (broad SMARTS) is 1. The first-order valence-electron chi connectivity index (χ1n) is 28.8. The van der Waals surface area contributed by atoms with Crippen molar-refractivity contribution >= 4 is 65.0 Å². The van der Waals surface area contributed by atoms with Gasteiger partial charge in [-0.2, -0.15) is 0 Å². The number of carboxylic acids is 1. The number of epoxide rings is 1. The molecule has 8 atom stereocenters. The SMILES string of the molecule is CCC[C@@H]1OC(=O)C(C)(C)CNC(=O)[C@@H](Cc2ccc(OC)c(Cl)c2)NC(=O)/C=C/C[C@@H]([C@H](C)[C@H]2O[C@@H]2c2ccc(CNC(=O)[C@H](C)NC(=O)[C@@H](NC(=O)CCN(CCC(=O)O)C(=O)CCOCCOCCOCCOC)C(C)C)cc2)OC1=O. The van der Waals surface area contributed by atoms with Crippen molar-refractivity contribution in [2.45, 2.75) is 142 Å². The van der Waals surface area contributed by atoms with Gasteiger partial charge >= 0.3 is 17.9 Å². The number of esters is 2. The average Bonchev–Trinajstić information content (AvgIpc) is 2.26. The fourth-order valence-corrected chi connectivity index (χ4v) is 9.12. The predicted octanol–water partition coefficient (Wildman–Crippen LogP) is 3.92. The highest BCUT2D eigenvalue weighted by Gasteiger charge is 2.48. The molecule has 0 spiro atoms. The molecule has 6 amide bonds. The molecule has 25 heteroatoms. The predicted molar refractivity (Wildman–Crippen MR) is 311 cm³/mol. The Morgan fingerprint density at radius 1 is 0.824 bits per heavy atom. The number of cyclic esters (lactones) is 2. The summed E-state index contributed by atoms with van der Waals surface area (Å²) >= 11 is 6.37. The van der Waals surface area contributed by atoms with Crippen LogP contribution in [0, 0.1) is 17.3 Å². The van der Waals surface area contributed by atoms with Crippen LogP contribution in [0.2, 0.25) is 5.02 Å². The van der Waals surface area contributed by atoms with Crippen LogP contribution in [0.25, 0.3) is 0 Å². The van der Waals surface area contributed by atoms with Crippen molar-refractivity contribution in [1.82, 2.24) is 31.5 Å². The highest BCUT2D eigenvalue weighted by Crippen LogP contribution is 2.45. The minimum atomic E-state index is -1.28. The Morgan fingerprint density at radius 2 is 1.47 bits per heavy atom. The third-order valence-electron chi connectivity index (χ3n) is 14.1. The molecule has 2 aliphatic rings. The molecule has 0 saturated carbocycles. The normalized spacial score (nSPS) is 20.5. The molecular weight excluding hydrogens is 1130 g/mol. The van der Waals surface area contributed by atoms with Crippen LogP contribution in [0.4, 0.5) is 0 Å². The van der Waals surface area contributed by atoms with Crippen LogP contribution >= 0.6 is 11.6 Å². The number of nitrogens with zero attached hydrogens (tertiary/aromatic N) is 1. The summed E-state index contributed by atoms with van der Waals surface area (Å²) in [7, 11) is 3.06. The number of hydrogen-bond donors (Lipinski definition) is 6. The summed E-state index contributed by atoms with van der Waals surface area (Å²) in [6.07, 6.45) is 0.136. The van der Waals surface area contributed by atoms with Gasteiger partial charge in [-0.25, -0.2) is 4.79 Å². The van der Waals surface area contributed by atoms with Gasteiger partial charge in [-0.15, -0.1) is 0 Å². The van der Waals surface area contributed by atoms with Gasteiger partial charge in [-0.1, -0.05) is 82.1 Å². The van der Waals surface area contributed by atoms with Crippen LogP contribution in [0.5, 0.6) is 5.75 Å². The van der Waals surface area contributed by atoms with Crippen molar-refractivity contribution in [3.8, 4) is 5.75 Å². The van der Waals surface area contributed by atoms with Crippen molar-refractivity contribution in [3.05, 3.63) is 76.3 Å². The van der Waals surface area contributed by atoms with E-state index in [4.69, 9.17) is 49.5 Å². The number of ether oxygens (including phenoxy) is 8. The van der Waals surface area contributed by atoms with Gasteiger partial charge in [0.15, 0.2) is 6.10 Å². The zero-order chi connectivity index (χ0) is 62.6. The lowest BCUT2D eigenvalue weighted by molar-refractivity contribution is -0.178. The summed E-state index contributed by atoms with van der Waals surface area (Å²) in [6.45, 7) is 13.8. The molecule has 2 aromatic carbocycles. The summed E-state index contributed by atoms with van der Waals surface area (Å²) < 4.78 is 44.5. The maximum absolute atomic E-state index is 13.8. The second-order valence-corrected chi connectivity index (χ2v) is 22.3. The number of rotatable bonds is 33. The molecule has 2 heterocycles. The lowest BCUT2D eigenvalue weighted by atomic mass is 9.93. The minimum Gasteiger partial charge on any atom is -0.495 e. The van der Waals surface area contributed by atoms with Crippen molar-refractivity contribution in [1.29, 1.82) is 0 Å². The van der Waals surface area contributed by atoms with E-state index in [9.17, 15) is 48.3 Å². The number of nitrogens with one attached hydrogen (secondary N) is 5. The molecule has 85 heavy (non-hydrogen) atoms. The zero-order valence-corrected chi connectivity index (χ0v) is 51.1. The van der Waals surface area contributed by atoms with Crippen LogP contribution in [0.3, 0.4) is 0 Å². The second kappa shape index (κ2) is 36.3. The molecule has 0 unspecified atom stereocenters. The van der Waals surface area contributed by atoms with Gasteiger partial charge in [0.25, 0.3) is 0 Å². The Bertz CT molecular complexity index is 2570. The Balaban J connectivity index is 1.31. The van der Waals surface area contributed by atoms with Gasteiger partial charge in [0, 0.05) is 58.5 Å². The van der Waals surface area contributed by atoms with Crippen molar-refractivity contribution in [3.63, 3.8) is 0 Å². The number of halogens is 1. The Morgan fingerprint density at radius 3 is 2.09 bits per heavy atom. The molecule has 0 bridgehead atoms. The van der Waals surface area contributed by atoms with Crippen LogP contribution in [-0.2, 0) is 89.3 Å². The summed E-state index contributed by atoms with van der Waals surface area (Å²) in [5, 5.41) is 23.3. The largest absolute Gasteiger partial charge is 0.495 e. The fraction of sp³-hybridized carbons (Fsp3) is 0.617. The van der Waals surface area contributed by atoms with E-state index >= 15 is 0 Å². The number of hydrogen-bond acceptors (Lipinski definition) is 17. The molecule has 24 nitrogen and oxygen atoms in total. The Hall–Kier alpha value is -6.70. The van der Waals surface area contributed by atoms with Gasteiger partial charge in [-0.3, -0.25) is 38.4 Å². The van der Waals surface area contributed by atoms with E-state index in [1.807, 2.05) is 38.1 Å². The standard InChI is InChI=1S/C60H87ClN6O18/c1-10-12-47-58(76)83-45(13-11-14-48(68)65-44(34-41-17-20-46(79-9)43(61)33-41)56(74)63-36-60(6,7)59(77)84-47)38(4)53-54(85-53)42-18-15-40(16-19-42)35-62-55(73)39(5)64-57(75)52(37(2)3)66-49(69)21-24-67(25-22-51(71)72)50(70)23-26-80-29-30-82-32-31-81-28-27-78-8/h11,14-20,33,37-39,44-45,47,52-54H,10,12-13,21-32,34-36H2,1-9H3,(H,62,73)(H,63,74)(H,64,75)(H,65,68)(H,66,69)(H,71,72)/b14-11+/t38-,39-,44+,45-,47-,52-,53+,54+/m0/s1. The van der Waals surface area contributed by atoms with Crippen molar-refractivity contribution < 1.29 is 86.2 Å². The van der Waals surface area contributed by atoms with E-state index in [0.717, 1.165) is 11.1 Å². The van der Waals surface area contributed by atoms with E-state index in [0.29, 0.717) is 49.2 Å². The highest BCUT2D eigenvalue weighted by atomic mass is 35.5. The molecular formula is C60H87ClN6O18. The van der Waals surface area contributed by atoms with Gasteiger partial charge < -0.3 is 74.5 Å².